The number of nitrogens with one attached hydrogen (secondary N) is 1. The molecule has 3 aliphatic heterocycles. The number of carbonyl (C=O) groups excluding carboxylic acids is 1. The molecule has 3 aromatic rings. The molecule has 1 N–H and O–H groups in total. The van der Waals surface area contributed by atoms with Gasteiger partial charge in [-0.1, -0.05) is 36.4 Å². The third-order valence-corrected chi connectivity index (χ3v) is 7.70. The summed E-state index contributed by atoms with van der Waals surface area (Å²) in [5.41, 5.74) is 1.08. The summed E-state index contributed by atoms with van der Waals surface area (Å²) in [4.78, 5) is 16.9. The number of rotatable bonds is 7. The quantitative estimate of drug-likeness (QED) is 0.539. The topological polar surface area (TPSA) is 41.6 Å². The molecule has 0 aliphatic carbocycles. The smallest absolute Gasteiger partial charge is 0.314 e. The van der Waals surface area contributed by atoms with Gasteiger partial charge in [0.1, 0.15) is 6.10 Å². The lowest BCUT2D eigenvalue weighted by molar-refractivity contribution is -0.160. The zero-order chi connectivity index (χ0) is 20.3. The summed E-state index contributed by atoms with van der Waals surface area (Å²) in [5, 5.41) is 4.66. The van der Waals surface area contributed by atoms with Crippen LogP contribution >= 0.6 is 11.3 Å². The van der Waals surface area contributed by atoms with E-state index in [4.69, 9.17) is 4.74 Å². The highest BCUT2D eigenvalue weighted by Crippen LogP contribution is 2.35. The van der Waals surface area contributed by atoms with Crippen molar-refractivity contribution >= 4 is 33.1 Å². The Balaban J connectivity index is 1.32. The molecule has 2 unspecified atom stereocenters. The number of para-hydroxylation sites is 1. The van der Waals surface area contributed by atoms with Crippen LogP contribution in [0.1, 0.15) is 30.1 Å². The van der Waals surface area contributed by atoms with Crippen LogP contribution < -0.4 is 5.32 Å². The highest BCUT2D eigenvalue weighted by atomic mass is 32.1. The fourth-order valence-electron chi connectivity index (χ4n) is 4.74. The minimum absolute atomic E-state index is 0.0546. The van der Waals surface area contributed by atoms with E-state index in [9.17, 15) is 4.79 Å². The zero-order valence-electron chi connectivity index (χ0n) is 17.1. The molecule has 3 aliphatic rings. The maximum absolute atomic E-state index is 13.3. The Labute approximate surface area is 181 Å². The van der Waals surface area contributed by atoms with Crippen molar-refractivity contribution in [3.8, 4) is 0 Å². The van der Waals surface area contributed by atoms with Gasteiger partial charge in [0, 0.05) is 28.4 Å². The summed E-state index contributed by atoms with van der Waals surface area (Å²) in [6.07, 6.45) is 3.09. The zero-order valence-corrected chi connectivity index (χ0v) is 17.9. The third kappa shape index (κ3) is 4.23. The van der Waals surface area contributed by atoms with Gasteiger partial charge < -0.3 is 10.1 Å². The fourth-order valence-corrected chi connectivity index (χ4v) is 5.93. The number of ether oxygens (including phenoxy) is 1. The first-order chi connectivity index (χ1) is 14.8. The highest BCUT2D eigenvalue weighted by molar-refractivity contribution is 7.19. The SMILES string of the molecule is O=C(OC1CN2CCC1CC2)C(CCNc1ccccc1)c1cc2ccccc2s1. The molecule has 4 nitrogen and oxygen atoms in total. The van der Waals surface area contributed by atoms with Crippen molar-refractivity contribution < 1.29 is 9.53 Å². The van der Waals surface area contributed by atoms with Gasteiger partial charge in [-0.15, -0.1) is 11.3 Å². The summed E-state index contributed by atoms with van der Waals surface area (Å²) in [6, 6.07) is 20.7. The molecule has 30 heavy (non-hydrogen) atoms. The minimum atomic E-state index is -0.228. The average molecular weight is 421 g/mol. The molecule has 6 rings (SSSR count). The second kappa shape index (κ2) is 8.78. The number of thiophene rings is 1. The van der Waals surface area contributed by atoms with Crippen LogP contribution in [0.3, 0.4) is 0 Å². The van der Waals surface area contributed by atoms with Crippen molar-refractivity contribution in [2.24, 2.45) is 5.92 Å². The van der Waals surface area contributed by atoms with Gasteiger partial charge in [-0.05, 0) is 67.9 Å². The molecule has 0 amide bonds. The minimum Gasteiger partial charge on any atom is -0.460 e. The molecular formula is C25H28N2O2S. The van der Waals surface area contributed by atoms with Gasteiger partial charge in [0.2, 0.25) is 0 Å². The van der Waals surface area contributed by atoms with Crippen molar-refractivity contribution in [1.29, 1.82) is 0 Å². The van der Waals surface area contributed by atoms with E-state index < -0.39 is 0 Å². The predicted molar refractivity (Wildman–Crippen MR) is 123 cm³/mol. The van der Waals surface area contributed by atoms with Crippen LogP contribution in [-0.4, -0.2) is 43.2 Å². The molecule has 2 aromatic carbocycles. The molecular weight excluding hydrogens is 392 g/mol. The first kappa shape index (κ1) is 19.6. The third-order valence-electron chi connectivity index (χ3n) is 6.47. The maximum Gasteiger partial charge on any atom is 0.314 e. The molecule has 1 aromatic heterocycles. The number of carbonyl (C=O) groups is 1. The number of piperidine rings is 3. The second-order valence-electron chi connectivity index (χ2n) is 8.43. The Hall–Kier alpha value is -2.37. The number of nitrogens with zero attached hydrogens (tertiary/aromatic N) is 1. The number of hydrogen-bond donors (Lipinski definition) is 1. The van der Waals surface area contributed by atoms with Gasteiger partial charge in [0.05, 0.1) is 5.92 Å². The van der Waals surface area contributed by atoms with E-state index in [0.29, 0.717) is 5.92 Å². The monoisotopic (exact) mass is 420 g/mol. The standard InChI is InChI=1S/C25H28N2O2S/c28-25(29-22-17-27-14-11-18(22)12-15-27)21(10-13-26-20-7-2-1-3-8-20)24-16-19-6-4-5-9-23(19)30-24/h1-9,16,18,21-22,26H,10-15,17H2. The lowest BCUT2D eigenvalue weighted by Gasteiger charge is -2.44. The second-order valence-corrected chi connectivity index (χ2v) is 9.55. The summed E-state index contributed by atoms with van der Waals surface area (Å²) in [7, 11) is 0. The van der Waals surface area contributed by atoms with Crippen molar-refractivity contribution in [2.45, 2.75) is 31.3 Å². The van der Waals surface area contributed by atoms with Crippen molar-refractivity contribution in [1.82, 2.24) is 4.90 Å². The fraction of sp³-hybridized carbons (Fsp3) is 0.400. The van der Waals surface area contributed by atoms with E-state index in [0.717, 1.165) is 56.0 Å². The van der Waals surface area contributed by atoms with Crippen LogP contribution in [0.4, 0.5) is 5.69 Å². The molecule has 3 fully saturated rings. The molecule has 5 heteroatoms. The summed E-state index contributed by atoms with van der Waals surface area (Å²) in [5.74, 6) is 0.244. The lowest BCUT2D eigenvalue weighted by atomic mass is 9.86. The Kier molecular flexibility index (Phi) is 5.73. The van der Waals surface area contributed by atoms with Crippen LogP contribution in [0.25, 0.3) is 10.1 Å². The Bertz CT molecular complexity index is 962. The largest absolute Gasteiger partial charge is 0.460 e. The van der Waals surface area contributed by atoms with Crippen LogP contribution in [0.5, 0.6) is 0 Å². The van der Waals surface area contributed by atoms with E-state index >= 15 is 0 Å². The van der Waals surface area contributed by atoms with Gasteiger partial charge in [0.25, 0.3) is 0 Å². The van der Waals surface area contributed by atoms with Gasteiger partial charge in [0.15, 0.2) is 0 Å². The first-order valence-corrected chi connectivity index (χ1v) is 11.8. The van der Waals surface area contributed by atoms with Gasteiger partial charge in [-0.3, -0.25) is 9.69 Å². The molecule has 0 spiro atoms. The van der Waals surface area contributed by atoms with E-state index in [2.05, 4.69) is 52.7 Å². The van der Waals surface area contributed by atoms with Crippen LogP contribution in [-0.2, 0) is 9.53 Å². The number of fused-ring (bicyclic) bond motifs is 4. The number of benzene rings is 2. The van der Waals surface area contributed by atoms with Crippen LogP contribution in [0.15, 0.2) is 60.7 Å². The van der Waals surface area contributed by atoms with Gasteiger partial charge >= 0.3 is 5.97 Å². The average Bonchev–Trinajstić information content (AvgIpc) is 3.22. The molecule has 0 saturated carbocycles. The molecule has 156 valence electrons. The maximum atomic E-state index is 13.3. The number of anilines is 1. The normalized spacial score (nSPS) is 23.9. The number of hydrogen-bond acceptors (Lipinski definition) is 5. The van der Waals surface area contributed by atoms with Gasteiger partial charge in [-0.2, -0.15) is 0 Å². The lowest BCUT2D eigenvalue weighted by Crippen LogP contribution is -2.52. The summed E-state index contributed by atoms with van der Waals surface area (Å²) in [6.45, 7) is 3.94. The van der Waals surface area contributed by atoms with E-state index in [1.54, 1.807) is 11.3 Å². The highest BCUT2D eigenvalue weighted by Gasteiger charge is 2.38. The summed E-state index contributed by atoms with van der Waals surface area (Å²) < 4.78 is 7.36. The predicted octanol–water partition coefficient (Wildman–Crippen LogP) is 5.12. The molecule has 0 radical (unpaired) electrons. The Morgan fingerprint density at radius 3 is 2.60 bits per heavy atom. The van der Waals surface area contributed by atoms with E-state index in [1.807, 2.05) is 18.2 Å². The van der Waals surface area contributed by atoms with Crippen molar-refractivity contribution in [3.05, 3.63) is 65.5 Å². The molecule has 2 bridgehead atoms. The Morgan fingerprint density at radius 2 is 1.87 bits per heavy atom. The Morgan fingerprint density at radius 1 is 1.10 bits per heavy atom. The van der Waals surface area contributed by atoms with Crippen LogP contribution in [0.2, 0.25) is 0 Å². The molecule has 3 saturated heterocycles. The van der Waals surface area contributed by atoms with E-state index in [1.165, 1.54) is 10.1 Å². The molecule has 2 atom stereocenters. The van der Waals surface area contributed by atoms with Crippen molar-refractivity contribution in [3.63, 3.8) is 0 Å². The van der Waals surface area contributed by atoms with Crippen LogP contribution in [0, 0.1) is 5.92 Å². The van der Waals surface area contributed by atoms with E-state index in [-0.39, 0.29) is 18.0 Å². The number of esters is 1. The van der Waals surface area contributed by atoms with Crippen molar-refractivity contribution in [2.75, 3.05) is 31.5 Å². The van der Waals surface area contributed by atoms with Gasteiger partial charge in [-0.25, -0.2) is 0 Å². The first-order valence-electron chi connectivity index (χ1n) is 11.0. The molecule has 4 heterocycles. The summed E-state index contributed by atoms with van der Waals surface area (Å²) >= 11 is 1.72.